The van der Waals surface area contributed by atoms with Crippen LogP contribution in [0.3, 0.4) is 0 Å². The second-order valence-electron chi connectivity index (χ2n) is 6.78. The molecule has 2 saturated heterocycles. The first-order chi connectivity index (χ1) is 11.1. The molecule has 3 unspecified atom stereocenters. The Kier molecular flexibility index (Phi) is 3.56. The molecular formula is C15H21N5O3. The zero-order valence-electron chi connectivity index (χ0n) is 13.1. The van der Waals surface area contributed by atoms with Crippen molar-refractivity contribution in [3.05, 3.63) is 12.2 Å². The van der Waals surface area contributed by atoms with Crippen LogP contribution in [0.4, 0.5) is 0 Å². The lowest BCUT2D eigenvalue weighted by molar-refractivity contribution is -0.127. The van der Waals surface area contributed by atoms with Crippen LogP contribution in [0.15, 0.2) is 6.33 Å². The molecule has 3 atom stereocenters. The average Bonchev–Trinajstić information content (AvgIpc) is 3.20. The van der Waals surface area contributed by atoms with E-state index in [1.165, 1.54) is 23.9 Å². The van der Waals surface area contributed by atoms with Crippen molar-refractivity contribution in [2.24, 2.45) is 18.9 Å². The minimum atomic E-state index is -0.222. The number of morpholine rings is 1. The molecule has 0 radical (unpaired) electrons. The third-order valence-corrected chi connectivity index (χ3v) is 4.83. The van der Waals surface area contributed by atoms with Crippen LogP contribution in [0.1, 0.15) is 29.9 Å². The summed E-state index contributed by atoms with van der Waals surface area (Å²) < 4.78 is 7.38. The van der Waals surface area contributed by atoms with Gasteiger partial charge in [0.25, 0.3) is 5.91 Å². The number of nitrogens with zero attached hydrogens (tertiary/aromatic N) is 4. The predicted molar refractivity (Wildman–Crippen MR) is 79.4 cm³/mol. The SMILES string of the molecule is Cn1cnc(C(=O)N2CC3CC(C(=O)NCC4CC4)C(C2)O3)n1. The highest BCUT2D eigenvalue weighted by Gasteiger charge is 2.46. The quantitative estimate of drug-likeness (QED) is 0.813. The van der Waals surface area contributed by atoms with Crippen molar-refractivity contribution in [1.29, 1.82) is 0 Å². The van der Waals surface area contributed by atoms with Gasteiger partial charge < -0.3 is 15.0 Å². The Hall–Kier alpha value is -1.96. The summed E-state index contributed by atoms with van der Waals surface area (Å²) in [4.78, 5) is 30.5. The molecule has 1 saturated carbocycles. The van der Waals surface area contributed by atoms with Crippen LogP contribution in [0.5, 0.6) is 0 Å². The summed E-state index contributed by atoms with van der Waals surface area (Å²) in [5, 5.41) is 7.09. The molecule has 3 heterocycles. The molecule has 2 amide bonds. The highest BCUT2D eigenvalue weighted by molar-refractivity contribution is 5.90. The fraction of sp³-hybridized carbons (Fsp3) is 0.733. The van der Waals surface area contributed by atoms with E-state index in [-0.39, 0.29) is 35.8 Å². The second-order valence-corrected chi connectivity index (χ2v) is 6.78. The third kappa shape index (κ3) is 2.95. The first kappa shape index (κ1) is 14.6. The van der Waals surface area contributed by atoms with Gasteiger partial charge in [-0.2, -0.15) is 0 Å². The number of aryl methyl sites for hydroxylation is 1. The predicted octanol–water partition coefficient (Wildman–Crippen LogP) is -0.429. The van der Waals surface area contributed by atoms with Crippen molar-refractivity contribution in [1.82, 2.24) is 25.0 Å². The van der Waals surface area contributed by atoms with Gasteiger partial charge in [0.2, 0.25) is 11.7 Å². The summed E-state index contributed by atoms with van der Waals surface area (Å²) >= 11 is 0. The van der Waals surface area contributed by atoms with Gasteiger partial charge in [0.1, 0.15) is 6.33 Å². The summed E-state index contributed by atoms with van der Waals surface area (Å²) in [6.45, 7) is 1.70. The molecule has 0 aromatic carbocycles. The molecule has 124 valence electrons. The highest BCUT2D eigenvalue weighted by Crippen LogP contribution is 2.33. The van der Waals surface area contributed by atoms with Crippen LogP contribution in [0.25, 0.3) is 0 Å². The van der Waals surface area contributed by atoms with E-state index in [9.17, 15) is 9.59 Å². The molecular weight excluding hydrogens is 298 g/mol. The number of rotatable bonds is 4. The van der Waals surface area contributed by atoms with Crippen LogP contribution >= 0.6 is 0 Å². The Morgan fingerprint density at radius 1 is 1.39 bits per heavy atom. The molecule has 3 aliphatic rings. The number of likely N-dealkylation sites (tertiary alicyclic amines) is 1. The molecule has 0 spiro atoms. The fourth-order valence-corrected chi connectivity index (χ4v) is 3.38. The summed E-state index contributed by atoms with van der Waals surface area (Å²) in [5.74, 6) is 0.573. The molecule has 2 aliphatic heterocycles. The van der Waals surface area contributed by atoms with Gasteiger partial charge in [-0.1, -0.05) is 0 Å². The van der Waals surface area contributed by atoms with E-state index >= 15 is 0 Å². The van der Waals surface area contributed by atoms with Crippen LogP contribution in [0.2, 0.25) is 0 Å². The van der Waals surface area contributed by atoms with Crippen molar-refractivity contribution in [3.8, 4) is 0 Å². The maximum Gasteiger partial charge on any atom is 0.293 e. The van der Waals surface area contributed by atoms with Crippen LogP contribution in [-0.4, -0.2) is 63.3 Å². The molecule has 1 aromatic heterocycles. The normalized spacial score (nSPS) is 29.6. The molecule has 1 aromatic rings. The monoisotopic (exact) mass is 319 g/mol. The van der Waals surface area contributed by atoms with Gasteiger partial charge in [-0.15, -0.1) is 5.10 Å². The third-order valence-electron chi connectivity index (χ3n) is 4.83. The van der Waals surface area contributed by atoms with E-state index < -0.39 is 0 Å². The largest absolute Gasteiger partial charge is 0.370 e. The number of hydrogen-bond donors (Lipinski definition) is 1. The minimum absolute atomic E-state index is 0.0645. The van der Waals surface area contributed by atoms with Gasteiger partial charge in [0.05, 0.1) is 18.1 Å². The zero-order chi connectivity index (χ0) is 16.0. The van der Waals surface area contributed by atoms with Crippen molar-refractivity contribution < 1.29 is 14.3 Å². The number of carbonyl (C=O) groups is 2. The van der Waals surface area contributed by atoms with Crippen molar-refractivity contribution in [2.75, 3.05) is 19.6 Å². The average molecular weight is 319 g/mol. The van der Waals surface area contributed by atoms with E-state index in [0.717, 1.165) is 6.54 Å². The number of hydrogen-bond acceptors (Lipinski definition) is 5. The summed E-state index contributed by atoms with van der Waals surface area (Å²) in [5.41, 5.74) is 0. The van der Waals surface area contributed by atoms with E-state index in [4.69, 9.17) is 4.74 Å². The summed E-state index contributed by atoms with van der Waals surface area (Å²) in [7, 11) is 1.73. The van der Waals surface area contributed by atoms with E-state index in [2.05, 4.69) is 15.4 Å². The van der Waals surface area contributed by atoms with Crippen molar-refractivity contribution >= 4 is 11.8 Å². The maximum absolute atomic E-state index is 12.5. The minimum Gasteiger partial charge on any atom is -0.370 e. The maximum atomic E-state index is 12.5. The standard InChI is InChI=1S/C15H21N5O3/c1-19-8-17-13(18-19)15(22)20-6-10-4-11(12(7-20)23-10)14(21)16-5-9-2-3-9/h8-12H,2-7H2,1H3,(H,16,21). The van der Waals surface area contributed by atoms with Gasteiger partial charge in [0.15, 0.2) is 0 Å². The smallest absolute Gasteiger partial charge is 0.293 e. The molecule has 2 bridgehead atoms. The number of nitrogens with one attached hydrogen (secondary N) is 1. The molecule has 8 nitrogen and oxygen atoms in total. The Labute approximate surface area is 134 Å². The Bertz CT molecular complexity index is 626. The molecule has 23 heavy (non-hydrogen) atoms. The molecule has 3 fully saturated rings. The summed E-state index contributed by atoms with van der Waals surface area (Å²) in [6.07, 6.45) is 4.33. The number of amides is 2. The van der Waals surface area contributed by atoms with Gasteiger partial charge in [0, 0.05) is 26.7 Å². The fourth-order valence-electron chi connectivity index (χ4n) is 3.38. The lowest BCUT2D eigenvalue weighted by atomic mass is 9.99. The summed E-state index contributed by atoms with van der Waals surface area (Å²) in [6, 6.07) is 0. The Balaban J connectivity index is 1.39. The lowest BCUT2D eigenvalue weighted by Gasteiger charge is -2.32. The number of carbonyl (C=O) groups excluding carboxylic acids is 2. The van der Waals surface area contributed by atoms with Crippen LogP contribution in [0, 0.1) is 11.8 Å². The molecule has 8 heteroatoms. The van der Waals surface area contributed by atoms with Crippen molar-refractivity contribution in [3.63, 3.8) is 0 Å². The van der Waals surface area contributed by atoms with Gasteiger partial charge in [-0.05, 0) is 25.2 Å². The zero-order valence-corrected chi connectivity index (χ0v) is 13.1. The highest BCUT2D eigenvalue weighted by atomic mass is 16.5. The number of fused-ring (bicyclic) bond motifs is 2. The van der Waals surface area contributed by atoms with Crippen LogP contribution < -0.4 is 5.32 Å². The van der Waals surface area contributed by atoms with Crippen LogP contribution in [-0.2, 0) is 16.6 Å². The number of aromatic nitrogens is 3. The molecule has 4 rings (SSSR count). The van der Waals surface area contributed by atoms with Gasteiger partial charge >= 0.3 is 0 Å². The Morgan fingerprint density at radius 3 is 2.91 bits per heavy atom. The van der Waals surface area contributed by atoms with E-state index in [1.807, 2.05) is 0 Å². The first-order valence-electron chi connectivity index (χ1n) is 8.18. The van der Waals surface area contributed by atoms with Gasteiger partial charge in [-0.25, -0.2) is 4.98 Å². The first-order valence-corrected chi connectivity index (χ1v) is 8.18. The lowest BCUT2D eigenvalue weighted by Crippen LogP contribution is -2.48. The second kappa shape index (κ2) is 5.59. The van der Waals surface area contributed by atoms with Gasteiger partial charge in [-0.3, -0.25) is 14.3 Å². The Morgan fingerprint density at radius 2 is 2.22 bits per heavy atom. The topological polar surface area (TPSA) is 89.4 Å². The molecule has 1 N–H and O–H groups in total. The van der Waals surface area contributed by atoms with Crippen molar-refractivity contribution in [2.45, 2.75) is 31.5 Å². The van der Waals surface area contributed by atoms with E-state index in [1.54, 1.807) is 11.9 Å². The number of ether oxygens (including phenoxy) is 1. The van der Waals surface area contributed by atoms with E-state index in [0.29, 0.717) is 25.4 Å². The molecule has 1 aliphatic carbocycles.